The number of nitrogens with one attached hydrogen (secondary N) is 3. The minimum absolute atomic E-state index is 0.0214. The normalized spacial score (nSPS) is 22.4. The lowest BCUT2D eigenvalue weighted by Crippen LogP contribution is -2.54. The third kappa shape index (κ3) is 5.82. The van der Waals surface area contributed by atoms with E-state index in [0.29, 0.717) is 19.8 Å². The molecule has 8 nitrogen and oxygen atoms in total. The molecular weight excluding hydrogens is 426 g/mol. The van der Waals surface area contributed by atoms with Crippen molar-refractivity contribution in [3.8, 4) is 0 Å². The van der Waals surface area contributed by atoms with E-state index in [1.807, 2.05) is 12.1 Å². The van der Waals surface area contributed by atoms with Crippen LogP contribution in [0.1, 0.15) is 51.3 Å². The molecule has 3 rings (SSSR count). The van der Waals surface area contributed by atoms with Gasteiger partial charge >= 0.3 is 12.0 Å². The molecule has 0 unspecified atom stereocenters. The van der Waals surface area contributed by atoms with Crippen LogP contribution in [0.25, 0.3) is 0 Å². The van der Waals surface area contributed by atoms with Crippen LogP contribution in [0.2, 0.25) is 18.1 Å². The molecule has 0 spiro atoms. The highest BCUT2D eigenvalue weighted by Gasteiger charge is 2.44. The van der Waals surface area contributed by atoms with Crippen LogP contribution in [0.5, 0.6) is 0 Å². The lowest BCUT2D eigenvalue weighted by molar-refractivity contribution is -0.141. The molecule has 9 heteroatoms. The van der Waals surface area contributed by atoms with Gasteiger partial charge in [-0.3, -0.25) is 4.79 Å². The molecule has 0 radical (unpaired) electrons. The third-order valence-corrected chi connectivity index (χ3v) is 11.1. The smallest absolute Gasteiger partial charge is 0.325 e. The maximum absolute atomic E-state index is 11.9. The summed E-state index contributed by atoms with van der Waals surface area (Å²) < 4.78 is 17.7. The summed E-state index contributed by atoms with van der Waals surface area (Å²) in [5, 5.41) is 9.08. The molecule has 0 aliphatic carbocycles. The number of fused-ring (bicyclic) bond motifs is 4. The van der Waals surface area contributed by atoms with Gasteiger partial charge in [-0.15, -0.1) is 0 Å². The highest BCUT2D eigenvalue weighted by molar-refractivity contribution is 6.74. The van der Waals surface area contributed by atoms with Gasteiger partial charge < -0.3 is 29.9 Å². The zero-order valence-electron chi connectivity index (χ0n) is 20.0. The fraction of sp³-hybridized carbons (Fsp3) is 0.652. The summed E-state index contributed by atoms with van der Waals surface area (Å²) >= 11 is 0. The number of urea groups is 1. The van der Waals surface area contributed by atoms with Gasteiger partial charge in [0, 0.05) is 24.2 Å². The minimum Gasteiger partial charge on any atom is -0.465 e. The van der Waals surface area contributed by atoms with Gasteiger partial charge in [0.25, 0.3) is 0 Å². The Kier molecular flexibility index (Phi) is 7.52. The Balaban J connectivity index is 1.58. The van der Waals surface area contributed by atoms with Crippen LogP contribution in [0.3, 0.4) is 0 Å². The first-order chi connectivity index (χ1) is 15.0. The molecular formula is C23H37N3O5Si. The van der Waals surface area contributed by atoms with Crippen LogP contribution in [-0.4, -0.2) is 52.2 Å². The lowest BCUT2D eigenvalue weighted by atomic mass is 9.89. The molecule has 2 aliphatic rings. The second-order valence-corrected chi connectivity index (χ2v) is 14.7. The van der Waals surface area contributed by atoms with Crippen molar-refractivity contribution in [2.75, 3.05) is 25.1 Å². The van der Waals surface area contributed by atoms with Crippen molar-refractivity contribution in [2.24, 2.45) is 0 Å². The van der Waals surface area contributed by atoms with E-state index in [0.717, 1.165) is 23.2 Å². The number of esters is 1. The van der Waals surface area contributed by atoms with E-state index in [4.69, 9.17) is 13.9 Å². The monoisotopic (exact) mass is 463 g/mol. The SMILES string of the molecule is CCOC(=O)CNC(=O)NCc1ccc2c(c1)[C@H]1C[C@H](N2)[C@H](O[Si](C)(C)C(C)(C)C)CO1. The Morgan fingerprint density at radius 1 is 1.25 bits per heavy atom. The van der Waals surface area contributed by atoms with E-state index >= 15 is 0 Å². The number of carbonyl (C=O) groups excluding carboxylic acids is 2. The summed E-state index contributed by atoms with van der Waals surface area (Å²) in [5.41, 5.74) is 3.14. The van der Waals surface area contributed by atoms with Crippen LogP contribution in [0.15, 0.2) is 18.2 Å². The zero-order valence-corrected chi connectivity index (χ0v) is 21.0. The first-order valence-electron chi connectivity index (χ1n) is 11.4. The van der Waals surface area contributed by atoms with Crippen LogP contribution >= 0.6 is 0 Å². The van der Waals surface area contributed by atoms with Gasteiger partial charge in [0.1, 0.15) is 6.54 Å². The van der Waals surface area contributed by atoms with Gasteiger partial charge in [-0.25, -0.2) is 4.79 Å². The number of amides is 2. The van der Waals surface area contributed by atoms with Crippen molar-refractivity contribution in [3.63, 3.8) is 0 Å². The van der Waals surface area contributed by atoms with Crippen molar-refractivity contribution >= 4 is 26.0 Å². The predicted molar refractivity (Wildman–Crippen MR) is 126 cm³/mol. The number of anilines is 1. The first kappa shape index (κ1) is 24.5. The summed E-state index contributed by atoms with van der Waals surface area (Å²) in [7, 11) is -1.88. The van der Waals surface area contributed by atoms with Crippen LogP contribution < -0.4 is 16.0 Å². The van der Waals surface area contributed by atoms with Gasteiger partial charge in [-0.2, -0.15) is 0 Å². The molecule has 178 valence electrons. The minimum atomic E-state index is -1.88. The molecule has 1 aromatic rings. The molecule has 2 aliphatic heterocycles. The van der Waals surface area contributed by atoms with Crippen molar-refractivity contribution in [3.05, 3.63) is 29.3 Å². The highest BCUT2D eigenvalue weighted by atomic mass is 28.4. The lowest BCUT2D eigenvalue weighted by Gasteiger charge is -2.47. The maximum atomic E-state index is 11.9. The molecule has 32 heavy (non-hydrogen) atoms. The van der Waals surface area contributed by atoms with Crippen molar-refractivity contribution in [2.45, 2.75) is 77.0 Å². The van der Waals surface area contributed by atoms with Gasteiger partial charge in [0.05, 0.1) is 31.5 Å². The molecule has 3 N–H and O–H groups in total. The zero-order chi connectivity index (χ0) is 23.5. The molecule has 1 fully saturated rings. The van der Waals surface area contributed by atoms with Crippen LogP contribution in [-0.2, 0) is 25.2 Å². The summed E-state index contributed by atoms with van der Waals surface area (Å²) in [6.45, 7) is 14.1. The van der Waals surface area contributed by atoms with Gasteiger partial charge in [0.2, 0.25) is 0 Å². The molecule has 0 aromatic heterocycles. The number of hydrogen-bond donors (Lipinski definition) is 3. The molecule has 1 saturated heterocycles. The van der Waals surface area contributed by atoms with E-state index in [1.165, 1.54) is 0 Å². The summed E-state index contributed by atoms with van der Waals surface area (Å²) in [6, 6.07) is 5.92. The average Bonchev–Trinajstić information content (AvgIpc) is 2.72. The van der Waals surface area contributed by atoms with E-state index in [-0.39, 0.29) is 29.8 Å². The predicted octanol–water partition coefficient (Wildman–Crippen LogP) is 3.69. The molecule has 0 saturated carbocycles. The third-order valence-electron chi connectivity index (χ3n) is 6.59. The summed E-state index contributed by atoms with van der Waals surface area (Å²) in [6.07, 6.45) is 0.932. The Hall–Kier alpha value is -2.10. The highest BCUT2D eigenvalue weighted by Crippen LogP contribution is 2.43. The summed E-state index contributed by atoms with van der Waals surface area (Å²) in [5.74, 6) is -0.456. The average molecular weight is 464 g/mol. The van der Waals surface area contributed by atoms with Crippen molar-refractivity contribution in [1.82, 2.24) is 10.6 Å². The first-order valence-corrected chi connectivity index (χ1v) is 14.3. The van der Waals surface area contributed by atoms with E-state index in [1.54, 1.807) is 6.92 Å². The number of hydrogen-bond acceptors (Lipinski definition) is 6. The van der Waals surface area contributed by atoms with Crippen LogP contribution in [0, 0.1) is 0 Å². The molecule has 2 amide bonds. The van der Waals surface area contributed by atoms with Crippen molar-refractivity contribution in [1.29, 1.82) is 0 Å². The van der Waals surface area contributed by atoms with Crippen LogP contribution in [0.4, 0.5) is 10.5 Å². The van der Waals surface area contributed by atoms with Gasteiger partial charge in [0.15, 0.2) is 8.32 Å². The Morgan fingerprint density at radius 2 is 2.00 bits per heavy atom. The second kappa shape index (κ2) is 9.80. The van der Waals surface area contributed by atoms with E-state index < -0.39 is 20.3 Å². The Labute approximate surface area is 191 Å². The quantitative estimate of drug-likeness (QED) is 0.421. The Bertz CT molecular complexity index is 839. The van der Waals surface area contributed by atoms with Gasteiger partial charge in [-0.1, -0.05) is 26.8 Å². The topological polar surface area (TPSA) is 97.9 Å². The molecule has 2 bridgehead atoms. The van der Waals surface area contributed by atoms with Crippen molar-refractivity contribution < 1.29 is 23.5 Å². The fourth-order valence-electron chi connectivity index (χ4n) is 3.75. The molecule has 1 aromatic carbocycles. The standard InChI is InChI=1S/C23H37N3O5Si/c1-7-29-21(27)13-25-22(28)24-12-15-8-9-17-16(10-15)19-11-18(26-17)20(14-30-19)31-32(5,6)23(2,3)4/h8-10,18-20,26H,7,11-14H2,1-6H3,(H2,24,25,28)/t18-,19+,20+/m0/s1. The second-order valence-electron chi connectivity index (χ2n) is 9.99. The molecule has 3 atom stereocenters. The number of benzene rings is 1. The summed E-state index contributed by atoms with van der Waals surface area (Å²) in [4.78, 5) is 23.3. The number of ether oxygens (including phenoxy) is 2. The Morgan fingerprint density at radius 3 is 2.69 bits per heavy atom. The largest absolute Gasteiger partial charge is 0.465 e. The maximum Gasteiger partial charge on any atom is 0.325 e. The van der Waals surface area contributed by atoms with Gasteiger partial charge in [-0.05, 0) is 42.8 Å². The van der Waals surface area contributed by atoms with E-state index in [2.05, 4.69) is 55.9 Å². The number of carbonyl (C=O) groups is 2. The number of rotatable bonds is 7. The van der Waals surface area contributed by atoms with E-state index in [9.17, 15) is 9.59 Å². The molecule has 2 heterocycles. The fourth-order valence-corrected chi connectivity index (χ4v) is 5.09.